The van der Waals surface area contributed by atoms with Crippen molar-refractivity contribution in [3.63, 3.8) is 0 Å². The summed E-state index contributed by atoms with van der Waals surface area (Å²) < 4.78 is 26.8. The van der Waals surface area contributed by atoms with Crippen LogP contribution in [0.15, 0.2) is 21.8 Å². The highest BCUT2D eigenvalue weighted by molar-refractivity contribution is 9.10. The number of nitrogens with zero attached hydrogens (tertiary/aromatic N) is 1. The Morgan fingerprint density at radius 2 is 2.11 bits per heavy atom. The number of hydrogen-bond donors (Lipinski definition) is 3. The van der Waals surface area contributed by atoms with Crippen LogP contribution in [-0.4, -0.2) is 17.6 Å². The number of nitrogens with two attached hydrogens (primary N) is 1. The minimum Gasteiger partial charge on any atom is -0.409 e. The number of rotatable bonds is 5. The molecular formula is C12H14BrF2N3O. The predicted molar refractivity (Wildman–Crippen MR) is 72.2 cm³/mol. The molecule has 4 N–H and O–H groups in total. The fourth-order valence-electron chi connectivity index (χ4n) is 1.95. The molecule has 0 radical (unpaired) electrons. The van der Waals surface area contributed by atoms with E-state index in [2.05, 4.69) is 26.4 Å². The molecule has 1 aliphatic rings. The largest absolute Gasteiger partial charge is 0.409 e. The van der Waals surface area contributed by atoms with Crippen molar-refractivity contribution in [2.75, 3.05) is 11.9 Å². The number of benzene rings is 1. The van der Waals surface area contributed by atoms with Gasteiger partial charge in [-0.1, -0.05) is 5.16 Å². The summed E-state index contributed by atoms with van der Waals surface area (Å²) in [5, 5.41) is 14.5. The maximum atomic E-state index is 13.5. The zero-order chi connectivity index (χ0) is 14.0. The van der Waals surface area contributed by atoms with Crippen LogP contribution in [0.3, 0.4) is 0 Å². The topological polar surface area (TPSA) is 70.6 Å². The molecule has 1 aromatic rings. The summed E-state index contributed by atoms with van der Waals surface area (Å²) in [5.74, 6) is -1.11. The zero-order valence-corrected chi connectivity index (χ0v) is 11.7. The maximum Gasteiger partial charge on any atom is 0.149 e. The monoisotopic (exact) mass is 333 g/mol. The Labute approximate surface area is 117 Å². The molecule has 104 valence electrons. The normalized spacial score (nSPS) is 17.3. The molecule has 4 nitrogen and oxygen atoms in total. The van der Waals surface area contributed by atoms with Gasteiger partial charge in [-0.05, 0) is 40.3 Å². The van der Waals surface area contributed by atoms with Gasteiger partial charge in [-0.2, -0.15) is 0 Å². The van der Waals surface area contributed by atoms with Gasteiger partial charge in [0, 0.05) is 19.0 Å². The van der Waals surface area contributed by atoms with Crippen molar-refractivity contribution in [1.82, 2.24) is 0 Å². The van der Waals surface area contributed by atoms with Crippen LogP contribution in [0.25, 0.3) is 0 Å². The van der Waals surface area contributed by atoms with Crippen molar-refractivity contribution in [3.05, 3.63) is 28.2 Å². The van der Waals surface area contributed by atoms with E-state index < -0.39 is 11.6 Å². The standard InChI is InChI=1S/C12H14BrF2N3O/c13-7-3-10(9(15)4-8(7)14)17-6-12(1-2-12)5-11(16)18-19/h3-4,17,19H,1-2,5-6H2,(H2,16,18). The quantitative estimate of drug-likeness (QED) is 0.255. The Balaban J connectivity index is 2.01. The first-order chi connectivity index (χ1) is 8.96. The highest BCUT2D eigenvalue weighted by Gasteiger charge is 2.43. The molecule has 0 bridgehead atoms. The summed E-state index contributed by atoms with van der Waals surface area (Å²) in [7, 11) is 0. The van der Waals surface area contributed by atoms with Crippen molar-refractivity contribution < 1.29 is 14.0 Å². The molecule has 0 aliphatic heterocycles. The molecule has 0 aromatic heterocycles. The lowest BCUT2D eigenvalue weighted by molar-refractivity contribution is 0.315. The Morgan fingerprint density at radius 3 is 2.68 bits per heavy atom. The molecule has 2 rings (SSSR count). The first-order valence-electron chi connectivity index (χ1n) is 5.81. The fourth-order valence-corrected chi connectivity index (χ4v) is 2.30. The number of halogens is 3. The fraction of sp³-hybridized carbons (Fsp3) is 0.417. The first kappa shape index (κ1) is 14.0. The molecule has 1 aliphatic carbocycles. The second kappa shape index (κ2) is 5.32. The van der Waals surface area contributed by atoms with E-state index in [9.17, 15) is 8.78 Å². The Kier molecular flexibility index (Phi) is 3.93. The van der Waals surface area contributed by atoms with E-state index in [1.165, 1.54) is 6.07 Å². The molecule has 1 fully saturated rings. The average Bonchev–Trinajstić information content (AvgIpc) is 3.12. The number of nitrogens with one attached hydrogen (secondary N) is 1. The second-order valence-electron chi connectivity index (χ2n) is 4.87. The average molecular weight is 334 g/mol. The predicted octanol–water partition coefficient (Wildman–Crippen LogP) is 3.06. The minimum absolute atomic E-state index is 0.0936. The summed E-state index contributed by atoms with van der Waals surface area (Å²) in [6.07, 6.45) is 2.32. The number of amidine groups is 1. The van der Waals surface area contributed by atoms with E-state index in [1.54, 1.807) is 0 Å². The SMILES string of the molecule is N/C(CC1(CNc2cc(Br)c(F)cc2F)CC1)=N/O. The summed E-state index contributed by atoms with van der Waals surface area (Å²) in [6.45, 7) is 0.498. The lowest BCUT2D eigenvalue weighted by Gasteiger charge is -2.16. The maximum absolute atomic E-state index is 13.5. The van der Waals surface area contributed by atoms with Crippen LogP contribution in [-0.2, 0) is 0 Å². The number of anilines is 1. The Hall–Kier alpha value is -1.37. The number of hydrogen-bond acceptors (Lipinski definition) is 3. The third kappa shape index (κ3) is 3.34. The van der Waals surface area contributed by atoms with E-state index >= 15 is 0 Å². The molecule has 7 heteroatoms. The van der Waals surface area contributed by atoms with E-state index in [-0.39, 0.29) is 21.4 Å². The van der Waals surface area contributed by atoms with Gasteiger partial charge in [0.1, 0.15) is 17.5 Å². The van der Waals surface area contributed by atoms with Crippen molar-refractivity contribution in [2.45, 2.75) is 19.3 Å². The zero-order valence-electron chi connectivity index (χ0n) is 10.1. The van der Waals surface area contributed by atoms with Crippen molar-refractivity contribution >= 4 is 27.5 Å². The molecule has 0 saturated heterocycles. The van der Waals surface area contributed by atoms with E-state index in [4.69, 9.17) is 10.9 Å². The number of oxime groups is 1. The van der Waals surface area contributed by atoms with Gasteiger partial charge in [0.2, 0.25) is 0 Å². The van der Waals surface area contributed by atoms with Crippen molar-refractivity contribution in [3.8, 4) is 0 Å². The summed E-state index contributed by atoms with van der Waals surface area (Å²) >= 11 is 3.01. The summed E-state index contributed by atoms with van der Waals surface area (Å²) in [6, 6.07) is 2.19. The van der Waals surface area contributed by atoms with Gasteiger partial charge >= 0.3 is 0 Å². The summed E-state index contributed by atoms with van der Waals surface area (Å²) in [4.78, 5) is 0. The van der Waals surface area contributed by atoms with Crippen LogP contribution < -0.4 is 11.1 Å². The van der Waals surface area contributed by atoms with E-state index in [0.717, 1.165) is 18.9 Å². The van der Waals surface area contributed by atoms with E-state index in [0.29, 0.717) is 13.0 Å². The molecule has 19 heavy (non-hydrogen) atoms. The van der Waals surface area contributed by atoms with Crippen LogP contribution in [0.4, 0.5) is 14.5 Å². The molecule has 0 heterocycles. The molecule has 1 aromatic carbocycles. The first-order valence-corrected chi connectivity index (χ1v) is 6.60. The van der Waals surface area contributed by atoms with Crippen LogP contribution in [0.5, 0.6) is 0 Å². The van der Waals surface area contributed by atoms with Gasteiger partial charge in [0.05, 0.1) is 10.2 Å². The second-order valence-corrected chi connectivity index (χ2v) is 5.72. The van der Waals surface area contributed by atoms with Gasteiger partial charge in [0.25, 0.3) is 0 Å². The van der Waals surface area contributed by atoms with Crippen LogP contribution in [0.2, 0.25) is 0 Å². The Morgan fingerprint density at radius 1 is 1.42 bits per heavy atom. The Bertz CT molecular complexity index is 518. The van der Waals surface area contributed by atoms with Gasteiger partial charge in [-0.25, -0.2) is 8.78 Å². The van der Waals surface area contributed by atoms with Gasteiger partial charge < -0.3 is 16.3 Å². The smallest absolute Gasteiger partial charge is 0.149 e. The van der Waals surface area contributed by atoms with Gasteiger partial charge in [0.15, 0.2) is 0 Å². The van der Waals surface area contributed by atoms with Crippen LogP contribution >= 0.6 is 15.9 Å². The summed E-state index contributed by atoms with van der Waals surface area (Å²) in [5.41, 5.74) is 5.62. The van der Waals surface area contributed by atoms with E-state index in [1.807, 2.05) is 0 Å². The highest BCUT2D eigenvalue weighted by atomic mass is 79.9. The minimum atomic E-state index is -0.639. The lowest BCUT2D eigenvalue weighted by atomic mass is 10.0. The highest BCUT2D eigenvalue weighted by Crippen LogP contribution is 2.48. The third-order valence-electron chi connectivity index (χ3n) is 3.31. The van der Waals surface area contributed by atoms with Gasteiger partial charge in [-0.15, -0.1) is 0 Å². The van der Waals surface area contributed by atoms with Crippen LogP contribution in [0, 0.1) is 17.0 Å². The molecular weight excluding hydrogens is 320 g/mol. The molecule has 0 spiro atoms. The molecule has 0 atom stereocenters. The van der Waals surface area contributed by atoms with Crippen LogP contribution in [0.1, 0.15) is 19.3 Å². The third-order valence-corrected chi connectivity index (χ3v) is 3.91. The lowest BCUT2D eigenvalue weighted by Crippen LogP contribution is -2.24. The van der Waals surface area contributed by atoms with Crippen molar-refractivity contribution in [2.24, 2.45) is 16.3 Å². The molecule has 1 saturated carbocycles. The molecule has 0 amide bonds. The molecule has 0 unspecified atom stereocenters. The van der Waals surface area contributed by atoms with Crippen molar-refractivity contribution in [1.29, 1.82) is 0 Å². The van der Waals surface area contributed by atoms with Gasteiger partial charge in [-0.3, -0.25) is 0 Å².